The highest BCUT2D eigenvalue weighted by Gasteiger charge is 2.31. The van der Waals surface area contributed by atoms with E-state index in [1.165, 1.54) is 0 Å². The molecule has 2 aromatic carbocycles. The van der Waals surface area contributed by atoms with Gasteiger partial charge in [0.1, 0.15) is 11.6 Å². The molecule has 1 fully saturated rings. The Hall–Kier alpha value is -3.91. The van der Waals surface area contributed by atoms with Crippen molar-refractivity contribution in [3.8, 4) is 16.9 Å². The van der Waals surface area contributed by atoms with Gasteiger partial charge in [0.15, 0.2) is 0 Å². The summed E-state index contributed by atoms with van der Waals surface area (Å²) >= 11 is 0. The molecule has 0 spiro atoms. The lowest BCUT2D eigenvalue weighted by molar-refractivity contribution is -0.0192. The number of rotatable bonds is 9. The summed E-state index contributed by atoms with van der Waals surface area (Å²) in [5.41, 5.74) is 3.54. The number of nitrogens with one attached hydrogen (secondary N) is 1. The molecule has 4 aromatic rings. The van der Waals surface area contributed by atoms with Gasteiger partial charge in [-0.25, -0.2) is 4.98 Å². The minimum Gasteiger partial charge on any atom is -0.495 e. The number of fused-ring (bicyclic) bond motifs is 1. The molecule has 1 unspecified atom stereocenters. The smallest absolute Gasteiger partial charge is 0.254 e. The van der Waals surface area contributed by atoms with Gasteiger partial charge >= 0.3 is 0 Å². The molecular weight excluding hydrogens is 466 g/mol. The van der Waals surface area contributed by atoms with Crippen LogP contribution in [0.2, 0.25) is 0 Å². The first-order chi connectivity index (χ1) is 18.0. The van der Waals surface area contributed by atoms with E-state index in [1.54, 1.807) is 25.2 Å². The Bertz CT molecular complexity index is 1410. The number of methoxy groups -OCH3 is 2. The Kier molecular flexibility index (Phi) is 7.10. The van der Waals surface area contributed by atoms with Crippen molar-refractivity contribution < 1.29 is 14.3 Å². The van der Waals surface area contributed by atoms with E-state index >= 15 is 0 Å². The van der Waals surface area contributed by atoms with Crippen LogP contribution in [0.15, 0.2) is 61.1 Å². The normalized spacial score (nSPS) is 14.4. The van der Waals surface area contributed by atoms with Crippen LogP contribution in [-0.2, 0) is 11.3 Å². The molecule has 1 aliphatic rings. The van der Waals surface area contributed by atoms with Gasteiger partial charge in [-0.1, -0.05) is 32.4 Å². The van der Waals surface area contributed by atoms with Gasteiger partial charge < -0.3 is 19.7 Å². The summed E-state index contributed by atoms with van der Waals surface area (Å²) in [6.45, 7) is 6.58. The van der Waals surface area contributed by atoms with Crippen LogP contribution in [0.3, 0.4) is 0 Å². The maximum absolute atomic E-state index is 12.8. The first-order valence-electron chi connectivity index (χ1n) is 12.7. The van der Waals surface area contributed by atoms with Crippen molar-refractivity contribution in [1.82, 2.24) is 19.7 Å². The molecule has 2 aromatic heterocycles. The van der Waals surface area contributed by atoms with Crippen LogP contribution in [0.5, 0.6) is 5.75 Å². The topological polar surface area (TPSA) is 81.5 Å². The Morgan fingerprint density at radius 3 is 2.68 bits per heavy atom. The number of anilines is 2. The Labute approximate surface area is 217 Å². The summed E-state index contributed by atoms with van der Waals surface area (Å²) in [5.74, 6) is 1.84. The number of carbonyl (C=O) groups excluding carboxylic acids is 1. The largest absolute Gasteiger partial charge is 0.495 e. The summed E-state index contributed by atoms with van der Waals surface area (Å²) < 4.78 is 12.9. The average molecular weight is 500 g/mol. The van der Waals surface area contributed by atoms with Gasteiger partial charge in [-0.15, -0.1) is 0 Å². The number of carbonyl (C=O) groups is 1. The van der Waals surface area contributed by atoms with E-state index in [4.69, 9.17) is 9.47 Å². The molecule has 0 aliphatic carbocycles. The number of amides is 1. The van der Waals surface area contributed by atoms with Crippen molar-refractivity contribution in [3.05, 3.63) is 66.6 Å². The van der Waals surface area contributed by atoms with Crippen molar-refractivity contribution in [2.24, 2.45) is 5.92 Å². The van der Waals surface area contributed by atoms with Gasteiger partial charge in [0, 0.05) is 55.7 Å². The highest BCUT2D eigenvalue weighted by molar-refractivity contribution is 5.96. The van der Waals surface area contributed by atoms with E-state index in [9.17, 15) is 4.79 Å². The van der Waals surface area contributed by atoms with Gasteiger partial charge in [-0.2, -0.15) is 5.10 Å². The molecule has 37 heavy (non-hydrogen) atoms. The monoisotopic (exact) mass is 499 g/mol. The number of likely N-dealkylation sites (tertiary alicyclic amines) is 1. The number of hydrogen-bond acceptors (Lipinski definition) is 6. The van der Waals surface area contributed by atoms with Gasteiger partial charge in [0.25, 0.3) is 5.91 Å². The second kappa shape index (κ2) is 10.6. The summed E-state index contributed by atoms with van der Waals surface area (Å²) in [5, 5.41) is 10.0. The zero-order chi connectivity index (χ0) is 25.9. The molecule has 8 heteroatoms. The van der Waals surface area contributed by atoms with Crippen molar-refractivity contribution in [3.63, 3.8) is 0 Å². The number of hydrogen-bond donors (Lipinski definition) is 1. The van der Waals surface area contributed by atoms with E-state index in [0.29, 0.717) is 36.1 Å². The number of benzene rings is 2. The molecule has 1 amide bonds. The third-order valence-electron chi connectivity index (χ3n) is 7.06. The molecular formula is C29H33N5O3. The maximum Gasteiger partial charge on any atom is 0.254 e. The first-order valence-corrected chi connectivity index (χ1v) is 12.7. The highest BCUT2D eigenvalue weighted by atomic mass is 16.5. The highest BCUT2D eigenvalue weighted by Crippen LogP contribution is 2.31. The number of nitrogens with zero attached hydrogens (tertiary/aromatic N) is 4. The lowest BCUT2D eigenvalue weighted by Crippen LogP contribution is -2.54. The Morgan fingerprint density at radius 2 is 1.92 bits per heavy atom. The SMILES string of the molecule is CCC(C)Cn1cc(-c2ccc3cnc(Nc4ccc(C(=O)N5CC(OC)C5)cc4OC)cc3c2)cn1. The lowest BCUT2D eigenvalue weighted by atomic mass is 10.0. The van der Waals surface area contributed by atoms with E-state index < -0.39 is 0 Å². The summed E-state index contributed by atoms with van der Waals surface area (Å²) in [7, 11) is 3.27. The standard InChI is InChI=1S/C29H33N5O3/c1-5-19(2)15-34-16-24(14-31-34)20-6-7-22-13-30-28(12-23(22)10-20)32-26-9-8-21(11-27(26)37-4)29(35)33-17-25(18-33)36-3/h6-14,16,19,25H,5,15,17-18H2,1-4H3,(H,30,32). The van der Waals surface area contributed by atoms with Gasteiger partial charge in [-0.05, 0) is 47.2 Å². The molecule has 1 aliphatic heterocycles. The van der Waals surface area contributed by atoms with Crippen LogP contribution < -0.4 is 10.1 Å². The number of aromatic nitrogens is 3. The predicted octanol–water partition coefficient (Wildman–Crippen LogP) is 5.37. The van der Waals surface area contributed by atoms with E-state index in [1.807, 2.05) is 35.3 Å². The minimum absolute atomic E-state index is 0.0259. The van der Waals surface area contributed by atoms with Crippen molar-refractivity contribution in [1.29, 1.82) is 0 Å². The molecule has 8 nitrogen and oxygen atoms in total. The summed E-state index contributed by atoms with van der Waals surface area (Å²) in [4.78, 5) is 19.1. The van der Waals surface area contributed by atoms with Crippen LogP contribution in [0, 0.1) is 5.92 Å². The van der Waals surface area contributed by atoms with Crippen LogP contribution in [0.1, 0.15) is 30.6 Å². The molecule has 1 atom stereocenters. The number of pyridine rings is 1. The first kappa shape index (κ1) is 24.8. The second-order valence-electron chi connectivity index (χ2n) is 9.70. The van der Waals surface area contributed by atoms with E-state index in [-0.39, 0.29) is 12.0 Å². The van der Waals surface area contributed by atoms with Crippen LogP contribution in [-0.4, -0.2) is 59.0 Å². The maximum atomic E-state index is 12.8. The zero-order valence-electron chi connectivity index (χ0n) is 21.8. The summed E-state index contributed by atoms with van der Waals surface area (Å²) in [6, 6.07) is 13.8. The predicted molar refractivity (Wildman–Crippen MR) is 145 cm³/mol. The third kappa shape index (κ3) is 5.29. The molecule has 1 saturated heterocycles. The van der Waals surface area contributed by atoms with Gasteiger partial charge in [0.2, 0.25) is 0 Å². The van der Waals surface area contributed by atoms with Crippen LogP contribution >= 0.6 is 0 Å². The van der Waals surface area contributed by atoms with E-state index in [2.05, 4.69) is 53.6 Å². The van der Waals surface area contributed by atoms with Gasteiger partial charge in [0.05, 0.1) is 25.1 Å². The number of ether oxygens (including phenoxy) is 2. The molecule has 0 saturated carbocycles. The van der Waals surface area contributed by atoms with Crippen molar-refractivity contribution in [2.75, 3.05) is 32.6 Å². The van der Waals surface area contributed by atoms with E-state index in [0.717, 1.165) is 40.6 Å². The quantitative estimate of drug-likeness (QED) is 0.334. The second-order valence-corrected chi connectivity index (χ2v) is 9.70. The molecule has 0 bridgehead atoms. The zero-order valence-corrected chi connectivity index (χ0v) is 21.8. The third-order valence-corrected chi connectivity index (χ3v) is 7.06. The Balaban J connectivity index is 1.35. The molecule has 192 valence electrons. The average Bonchev–Trinajstić information content (AvgIpc) is 3.36. The van der Waals surface area contributed by atoms with Gasteiger partial charge in [-0.3, -0.25) is 9.48 Å². The van der Waals surface area contributed by atoms with Crippen molar-refractivity contribution in [2.45, 2.75) is 32.9 Å². The van der Waals surface area contributed by atoms with Crippen molar-refractivity contribution >= 4 is 28.2 Å². The fourth-order valence-corrected chi connectivity index (χ4v) is 4.45. The Morgan fingerprint density at radius 1 is 1.08 bits per heavy atom. The lowest BCUT2D eigenvalue weighted by Gasteiger charge is -2.38. The molecule has 1 N–H and O–H groups in total. The minimum atomic E-state index is -0.0259. The molecule has 5 rings (SSSR count). The fraction of sp³-hybridized carbons (Fsp3) is 0.345. The summed E-state index contributed by atoms with van der Waals surface area (Å²) in [6.07, 6.45) is 7.14. The molecule has 0 radical (unpaired) electrons. The van der Waals surface area contributed by atoms with Crippen LogP contribution in [0.4, 0.5) is 11.5 Å². The fourth-order valence-electron chi connectivity index (χ4n) is 4.45. The molecule has 3 heterocycles. The van der Waals surface area contributed by atoms with Crippen LogP contribution in [0.25, 0.3) is 21.9 Å².